The van der Waals surface area contributed by atoms with E-state index in [0.717, 1.165) is 28.0 Å². The Bertz CT molecular complexity index is 1830. The minimum atomic E-state index is -0.975. The van der Waals surface area contributed by atoms with Crippen LogP contribution in [0.4, 0.5) is 5.95 Å². The van der Waals surface area contributed by atoms with Gasteiger partial charge in [0, 0.05) is 25.9 Å². The van der Waals surface area contributed by atoms with Crippen molar-refractivity contribution in [1.82, 2.24) is 24.4 Å². The molecule has 10 nitrogen and oxygen atoms in total. The number of aliphatic hydroxyl groups is 1. The number of methoxy groups -OCH3 is 1. The molecule has 2 heterocycles. The number of aromatic amines is 1. The van der Waals surface area contributed by atoms with Crippen LogP contribution >= 0.6 is 0 Å². The van der Waals surface area contributed by atoms with E-state index >= 15 is 0 Å². The van der Waals surface area contributed by atoms with E-state index in [1.54, 1.807) is 24.7 Å². The molecule has 0 unspecified atom stereocenters. The van der Waals surface area contributed by atoms with Crippen molar-refractivity contribution in [3.05, 3.63) is 130 Å². The SMILES string of the molecule is C=C1[C@@H](n2cnc3c(=O)[nH]c(N=CN(C)C)nc32)[C@H](COC(c2ccccc2)(c2ccccc2)c2ccc(OC)cc2)[C@H]1CO. The summed E-state index contributed by atoms with van der Waals surface area (Å²) in [6.07, 6.45) is 3.17. The summed E-state index contributed by atoms with van der Waals surface area (Å²) in [6.45, 7) is 4.50. The van der Waals surface area contributed by atoms with Gasteiger partial charge in [0.15, 0.2) is 11.2 Å². The quantitative estimate of drug-likeness (QED) is 0.0972. The average molecular weight is 605 g/mol. The number of aliphatic hydroxyl groups excluding tert-OH is 1. The lowest BCUT2D eigenvalue weighted by molar-refractivity contribution is -0.0502. The van der Waals surface area contributed by atoms with Crippen LogP contribution in [0, 0.1) is 11.8 Å². The van der Waals surface area contributed by atoms with Crippen molar-refractivity contribution in [2.24, 2.45) is 16.8 Å². The first kappa shape index (κ1) is 30.0. The van der Waals surface area contributed by atoms with Crippen molar-refractivity contribution in [3.8, 4) is 5.75 Å². The fourth-order valence-electron chi connectivity index (χ4n) is 6.21. The van der Waals surface area contributed by atoms with Crippen LogP contribution in [0.5, 0.6) is 5.75 Å². The third-order valence-electron chi connectivity index (χ3n) is 8.46. The highest BCUT2D eigenvalue weighted by Gasteiger charge is 2.48. The monoisotopic (exact) mass is 604 g/mol. The molecular weight excluding hydrogens is 568 g/mol. The lowest BCUT2D eigenvalue weighted by Crippen LogP contribution is -2.47. The molecule has 0 bridgehead atoms. The van der Waals surface area contributed by atoms with Crippen LogP contribution in [-0.4, -0.2) is 70.3 Å². The van der Waals surface area contributed by atoms with E-state index < -0.39 is 5.60 Å². The number of aliphatic imine (C=N–C) groups is 1. The van der Waals surface area contributed by atoms with Crippen LogP contribution in [0.15, 0.2) is 113 Å². The van der Waals surface area contributed by atoms with Gasteiger partial charge in [-0.15, -0.1) is 0 Å². The van der Waals surface area contributed by atoms with Gasteiger partial charge in [-0.25, -0.2) is 9.98 Å². The predicted octanol–water partition coefficient (Wildman–Crippen LogP) is 4.69. The minimum Gasteiger partial charge on any atom is -0.497 e. The van der Waals surface area contributed by atoms with Crippen molar-refractivity contribution in [3.63, 3.8) is 0 Å². The number of rotatable bonds is 11. The zero-order valence-corrected chi connectivity index (χ0v) is 25.5. The first-order chi connectivity index (χ1) is 21.9. The van der Waals surface area contributed by atoms with Gasteiger partial charge in [-0.1, -0.05) is 79.4 Å². The maximum absolute atomic E-state index is 12.9. The van der Waals surface area contributed by atoms with Crippen LogP contribution < -0.4 is 10.3 Å². The van der Waals surface area contributed by atoms with Gasteiger partial charge in [0.05, 0.1) is 39.0 Å². The minimum absolute atomic E-state index is 0.0887. The Hall–Kier alpha value is -5.06. The molecule has 3 atom stereocenters. The van der Waals surface area contributed by atoms with E-state index in [2.05, 4.69) is 50.8 Å². The molecule has 0 aliphatic heterocycles. The highest BCUT2D eigenvalue weighted by molar-refractivity contribution is 5.72. The largest absolute Gasteiger partial charge is 0.497 e. The van der Waals surface area contributed by atoms with Crippen LogP contribution in [0.25, 0.3) is 11.2 Å². The van der Waals surface area contributed by atoms with Crippen LogP contribution in [-0.2, 0) is 10.3 Å². The molecule has 0 spiro atoms. The molecular formula is C35H36N6O4. The van der Waals surface area contributed by atoms with Gasteiger partial charge in [-0.2, -0.15) is 4.98 Å². The molecule has 45 heavy (non-hydrogen) atoms. The molecule has 2 aromatic heterocycles. The van der Waals surface area contributed by atoms with Crippen molar-refractivity contribution < 1.29 is 14.6 Å². The van der Waals surface area contributed by atoms with Gasteiger partial charge in [-0.05, 0) is 34.4 Å². The van der Waals surface area contributed by atoms with Gasteiger partial charge < -0.3 is 24.0 Å². The summed E-state index contributed by atoms with van der Waals surface area (Å²) < 4.78 is 14.5. The zero-order chi connectivity index (χ0) is 31.6. The normalized spacial score (nSPS) is 18.3. The van der Waals surface area contributed by atoms with Crippen molar-refractivity contribution >= 4 is 23.5 Å². The van der Waals surface area contributed by atoms with E-state index in [1.165, 1.54) is 0 Å². The highest BCUT2D eigenvalue weighted by Crippen LogP contribution is 2.51. The second-order valence-corrected chi connectivity index (χ2v) is 11.3. The topological polar surface area (TPSA) is 118 Å². The molecule has 1 aliphatic rings. The number of nitrogens with one attached hydrogen (secondary N) is 1. The molecule has 0 saturated heterocycles. The summed E-state index contributed by atoms with van der Waals surface area (Å²) in [6, 6.07) is 27.8. The van der Waals surface area contributed by atoms with Crippen LogP contribution in [0.1, 0.15) is 22.7 Å². The van der Waals surface area contributed by atoms with E-state index in [9.17, 15) is 9.90 Å². The number of imidazole rings is 1. The number of aromatic nitrogens is 4. The molecule has 230 valence electrons. The fraction of sp³-hybridized carbons (Fsp3) is 0.257. The number of fused-ring (bicyclic) bond motifs is 1. The lowest BCUT2D eigenvalue weighted by atomic mass is 9.66. The van der Waals surface area contributed by atoms with Crippen LogP contribution in [0.2, 0.25) is 0 Å². The second kappa shape index (κ2) is 12.5. The molecule has 0 amide bonds. The summed E-state index contributed by atoms with van der Waals surface area (Å²) in [5.41, 5.74) is 2.91. The smallest absolute Gasteiger partial charge is 0.280 e. The average Bonchev–Trinajstić information content (AvgIpc) is 3.48. The zero-order valence-electron chi connectivity index (χ0n) is 25.5. The van der Waals surface area contributed by atoms with Gasteiger partial charge in [0.1, 0.15) is 11.4 Å². The number of hydrogen-bond acceptors (Lipinski definition) is 7. The summed E-state index contributed by atoms with van der Waals surface area (Å²) in [7, 11) is 5.31. The first-order valence-corrected chi connectivity index (χ1v) is 14.7. The predicted molar refractivity (Wildman–Crippen MR) is 174 cm³/mol. The molecule has 1 fully saturated rings. The molecule has 5 aromatic rings. The van der Waals surface area contributed by atoms with Gasteiger partial charge in [0.2, 0.25) is 5.95 Å². The van der Waals surface area contributed by atoms with Crippen molar-refractivity contribution in [1.29, 1.82) is 0 Å². The fourth-order valence-corrected chi connectivity index (χ4v) is 6.21. The standard InChI is InChI=1S/C35H36N6O4/c1-23-28(19-42)29(31(23)41-22-36-30-32(41)38-34(39-33(30)43)37-21-40(2)3)20-45-35(24-11-7-5-8-12-24,25-13-9-6-10-14-25)26-15-17-27(44-4)18-16-26/h5-18,21-22,28-29,31,42H,1,19-20H2,2-4H3,(H,38,39,43)/t28-,29+,31+/m0/s1. The van der Waals surface area contributed by atoms with Gasteiger partial charge >= 0.3 is 0 Å². The number of H-pyrrole nitrogens is 1. The molecule has 6 rings (SSSR count). The van der Waals surface area contributed by atoms with Crippen molar-refractivity contribution in [2.45, 2.75) is 11.6 Å². The van der Waals surface area contributed by atoms with Crippen molar-refractivity contribution in [2.75, 3.05) is 34.4 Å². The molecule has 1 saturated carbocycles. The van der Waals surface area contributed by atoms with Gasteiger partial charge in [0.25, 0.3) is 5.56 Å². The molecule has 10 heteroatoms. The number of ether oxygens (including phenoxy) is 2. The summed E-state index contributed by atoms with van der Waals surface area (Å²) in [4.78, 5) is 30.6. The summed E-state index contributed by atoms with van der Waals surface area (Å²) >= 11 is 0. The molecule has 0 radical (unpaired) electrons. The Morgan fingerprint density at radius 3 is 2.22 bits per heavy atom. The third kappa shape index (κ3) is 5.43. The molecule has 2 N–H and O–H groups in total. The van der Waals surface area contributed by atoms with E-state index in [0.29, 0.717) is 5.65 Å². The Balaban J connectivity index is 1.43. The maximum atomic E-state index is 12.9. The van der Waals surface area contributed by atoms with E-state index in [4.69, 9.17) is 9.47 Å². The van der Waals surface area contributed by atoms with Crippen LogP contribution in [0.3, 0.4) is 0 Å². The number of benzene rings is 3. The Kier molecular flexibility index (Phi) is 8.34. The number of nitrogens with zero attached hydrogens (tertiary/aromatic N) is 5. The molecule has 3 aromatic carbocycles. The summed E-state index contributed by atoms with van der Waals surface area (Å²) in [5, 5.41) is 10.5. The Morgan fingerprint density at radius 1 is 1.02 bits per heavy atom. The van der Waals surface area contributed by atoms with Gasteiger partial charge in [-0.3, -0.25) is 9.78 Å². The lowest BCUT2D eigenvalue weighted by Gasteiger charge is -2.48. The summed E-state index contributed by atoms with van der Waals surface area (Å²) in [5.74, 6) is 0.500. The maximum Gasteiger partial charge on any atom is 0.280 e. The van der Waals surface area contributed by atoms with E-state index in [-0.39, 0.29) is 48.1 Å². The third-order valence-corrected chi connectivity index (χ3v) is 8.46. The van der Waals surface area contributed by atoms with E-state index in [1.807, 2.05) is 79.3 Å². The Labute approximate surface area is 261 Å². The number of hydrogen-bond donors (Lipinski definition) is 2. The highest BCUT2D eigenvalue weighted by atomic mass is 16.5. The Morgan fingerprint density at radius 2 is 1.64 bits per heavy atom. The second-order valence-electron chi connectivity index (χ2n) is 11.3. The first-order valence-electron chi connectivity index (χ1n) is 14.7. The molecule has 1 aliphatic carbocycles.